The zero-order chi connectivity index (χ0) is 19.4. The van der Waals surface area contributed by atoms with Gasteiger partial charge in [-0.05, 0) is 6.42 Å². The van der Waals surface area contributed by atoms with E-state index in [1.54, 1.807) is 11.3 Å². The first-order chi connectivity index (χ1) is 13.3. The molecule has 28 heavy (non-hydrogen) atoms. The van der Waals surface area contributed by atoms with Crippen LogP contribution < -0.4 is 28.5 Å². The molecular formula is C23H42INOS2. The molecule has 0 saturated carbocycles. The molecule has 0 amide bonds. The number of thiazole rings is 1. The summed E-state index contributed by atoms with van der Waals surface area (Å²) in [7, 11) is 0. The highest BCUT2D eigenvalue weighted by molar-refractivity contribution is 8.13. The molecule has 0 radical (unpaired) electrons. The van der Waals surface area contributed by atoms with Gasteiger partial charge in [0.25, 0.3) is 0 Å². The standard InChI is InChI=1S/C23H42NOS2.HI/c1-2-3-4-5-6-7-8-9-10-11-12-13-14-15-16-17-23(25)27-21-19-24-18-20-26-22-24;/h18,20,22H,2-17,19,21H2,1H3;1H/q+1;/p-1. The summed E-state index contributed by atoms with van der Waals surface area (Å²) in [4.78, 5) is 11.9. The third-order valence-electron chi connectivity index (χ3n) is 5.12. The second kappa shape index (κ2) is 22.1. The predicted octanol–water partition coefficient (Wildman–Crippen LogP) is 4.56. The maximum Gasteiger partial charge on any atom is 0.224 e. The molecule has 0 atom stereocenters. The molecule has 0 aliphatic rings. The Kier molecular flexibility index (Phi) is 22.4. The number of hydrogen-bond donors (Lipinski definition) is 0. The molecule has 0 N–H and O–H groups in total. The van der Waals surface area contributed by atoms with Crippen molar-refractivity contribution in [1.82, 2.24) is 0 Å². The number of nitrogens with zero attached hydrogens (tertiary/aromatic N) is 1. The van der Waals surface area contributed by atoms with E-state index >= 15 is 0 Å². The van der Waals surface area contributed by atoms with Crippen molar-refractivity contribution in [2.75, 3.05) is 5.75 Å². The zero-order valence-electron chi connectivity index (χ0n) is 18.0. The van der Waals surface area contributed by atoms with Crippen LogP contribution in [0.1, 0.15) is 110 Å². The summed E-state index contributed by atoms with van der Waals surface area (Å²) in [6.45, 7) is 3.23. The van der Waals surface area contributed by atoms with E-state index < -0.39 is 0 Å². The first-order valence-electron chi connectivity index (χ1n) is 11.4. The van der Waals surface area contributed by atoms with Gasteiger partial charge in [-0.1, -0.05) is 120 Å². The third kappa shape index (κ3) is 18.4. The highest BCUT2D eigenvalue weighted by Crippen LogP contribution is 2.15. The summed E-state index contributed by atoms with van der Waals surface area (Å²) in [5, 5.41) is 2.45. The van der Waals surface area contributed by atoms with Crippen molar-refractivity contribution in [2.45, 2.75) is 116 Å². The molecule has 1 rings (SSSR count). The summed E-state index contributed by atoms with van der Waals surface area (Å²) < 4.78 is 2.15. The lowest BCUT2D eigenvalue weighted by Gasteiger charge is -2.03. The quantitative estimate of drug-likeness (QED) is 0.146. The Morgan fingerprint density at radius 2 is 1.32 bits per heavy atom. The van der Waals surface area contributed by atoms with Gasteiger partial charge in [-0.3, -0.25) is 4.79 Å². The molecule has 5 heteroatoms. The van der Waals surface area contributed by atoms with E-state index in [4.69, 9.17) is 0 Å². The van der Waals surface area contributed by atoms with E-state index in [2.05, 4.69) is 28.6 Å². The molecule has 2 nitrogen and oxygen atoms in total. The molecule has 0 aliphatic carbocycles. The van der Waals surface area contributed by atoms with Gasteiger partial charge in [0.15, 0.2) is 17.9 Å². The molecule has 0 aliphatic heterocycles. The first-order valence-corrected chi connectivity index (χ1v) is 13.3. The second-order valence-electron chi connectivity index (χ2n) is 7.68. The van der Waals surface area contributed by atoms with Gasteiger partial charge < -0.3 is 24.0 Å². The number of aromatic nitrogens is 1. The van der Waals surface area contributed by atoms with Crippen molar-refractivity contribution in [3.05, 3.63) is 17.1 Å². The van der Waals surface area contributed by atoms with E-state index in [-0.39, 0.29) is 24.0 Å². The number of unbranched alkanes of at least 4 members (excludes halogenated alkanes) is 14. The van der Waals surface area contributed by atoms with Gasteiger partial charge in [0.2, 0.25) is 5.51 Å². The summed E-state index contributed by atoms with van der Waals surface area (Å²) in [6, 6.07) is 0. The van der Waals surface area contributed by atoms with Crippen molar-refractivity contribution in [3.8, 4) is 0 Å². The fourth-order valence-electron chi connectivity index (χ4n) is 3.37. The second-order valence-corrected chi connectivity index (χ2v) is 9.59. The number of thioether (sulfide) groups is 1. The highest BCUT2D eigenvalue weighted by atomic mass is 127. The number of aryl methyl sites for hydroxylation is 1. The Balaban J connectivity index is 0.00000729. The first kappa shape index (κ1) is 28.4. The van der Waals surface area contributed by atoms with E-state index in [1.807, 2.05) is 0 Å². The van der Waals surface area contributed by atoms with Crippen LogP contribution in [0.2, 0.25) is 0 Å². The monoisotopic (exact) mass is 539 g/mol. The fraction of sp³-hybridized carbons (Fsp3) is 0.826. The van der Waals surface area contributed by atoms with Crippen LogP contribution in [0.4, 0.5) is 0 Å². The number of hydrogen-bond acceptors (Lipinski definition) is 3. The van der Waals surface area contributed by atoms with Crippen LogP contribution in [-0.4, -0.2) is 10.9 Å². The zero-order valence-corrected chi connectivity index (χ0v) is 21.8. The average molecular weight is 540 g/mol. The predicted molar refractivity (Wildman–Crippen MR) is 122 cm³/mol. The molecule has 0 spiro atoms. The SMILES string of the molecule is CCCCCCCCCCCCCCCCCC(=O)SCC[n+]1ccsc1.[I-]. The molecule has 0 saturated heterocycles. The maximum absolute atomic E-state index is 11.9. The molecule has 164 valence electrons. The van der Waals surface area contributed by atoms with Crippen molar-refractivity contribution in [1.29, 1.82) is 0 Å². The van der Waals surface area contributed by atoms with Crippen LogP contribution in [0.25, 0.3) is 0 Å². The number of rotatable bonds is 19. The summed E-state index contributed by atoms with van der Waals surface area (Å²) in [6.07, 6.45) is 23.4. The minimum atomic E-state index is 0. The van der Waals surface area contributed by atoms with Crippen molar-refractivity contribution in [2.24, 2.45) is 0 Å². The number of halogens is 1. The van der Waals surface area contributed by atoms with Crippen molar-refractivity contribution in [3.63, 3.8) is 0 Å². The van der Waals surface area contributed by atoms with E-state index in [1.165, 1.54) is 102 Å². The summed E-state index contributed by atoms with van der Waals surface area (Å²) >= 11 is 3.21. The summed E-state index contributed by atoms with van der Waals surface area (Å²) in [5.41, 5.74) is 2.10. The Bertz CT molecular complexity index is 440. The minimum absolute atomic E-state index is 0. The topological polar surface area (TPSA) is 20.9 Å². The van der Waals surface area contributed by atoms with Crippen molar-refractivity contribution >= 4 is 28.2 Å². The van der Waals surface area contributed by atoms with Gasteiger partial charge >= 0.3 is 0 Å². The molecule has 0 bridgehead atoms. The number of carbonyl (C=O) groups is 1. The van der Waals surface area contributed by atoms with E-state index in [0.717, 1.165) is 25.1 Å². The Labute approximate surface area is 199 Å². The Hall–Kier alpha value is 0.380. The van der Waals surface area contributed by atoms with E-state index in [9.17, 15) is 4.79 Å². The largest absolute Gasteiger partial charge is 1.00 e. The molecule has 0 aromatic carbocycles. The molecular weight excluding hydrogens is 497 g/mol. The lowest BCUT2D eigenvalue weighted by molar-refractivity contribution is -0.687. The van der Waals surface area contributed by atoms with Gasteiger partial charge in [-0.15, -0.1) is 0 Å². The van der Waals surface area contributed by atoms with Crippen LogP contribution in [0.3, 0.4) is 0 Å². The van der Waals surface area contributed by atoms with Crippen LogP contribution in [0.15, 0.2) is 17.1 Å². The molecule has 1 heterocycles. The van der Waals surface area contributed by atoms with Gasteiger partial charge in [0.05, 0.1) is 11.1 Å². The molecule has 0 fully saturated rings. The van der Waals surface area contributed by atoms with Crippen LogP contribution in [0.5, 0.6) is 0 Å². The number of carbonyl (C=O) groups excluding carboxylic acids is 1. The maximum atomic E-state index is 11.9. The lowest BCUT2D eigenvalue weighted by Crippen LogP contribution is -3.00. The minimum Gasteiger partial charge on any atom is -1.00 e. The van der Waals surface area contributed by atoms with Crippen LogP contribution >= 0.6 is 23.1 Å². The van der Waals surface area contributed by atoms with Gasteiger partial charge in [0, 0.05) is 6.42 Å². The van der Waals surface area contributed by atoms with Crippen molar-refractivity contribution < 1.29 is 33.3 Å². The van der Waals surface area contributed by atoms with Gasteiger partial charge in [-0.25, -0.2) is 0 Å². The molecule has 1 aromatic rings. The smallest absolute Gasteiger partial charge is 0.224 e. The van der Waals surface area contributed by atoms with Crippen LogP contribution in [0, 0.1) is 0 Å². The normalized spacial score (nSPS) is 10.8. The molecule has 0 unspecified atom stereocenters. The van der Waals surface area contributed by atoms with Gasteiger partial charge in [-0.2, -0.15) is 4.57 Å². The lowest BCUT2D eigenvalue weighted by atomic mass is 10.0. The third-order valence-corrected chi connectivity index (χ3v) is 6.71. The highest BCUT2D eigenvalue weighted by Gasteiger charge is 2.05. The molecule has 1 aromatic heterocycles. The Morgan fingerprint density at radius 1 is 0.821 bits per heavy atom. The van der Waals surface area contributed by atoms with Crippen LogP contribution in [-0.2, 0) is 11.3 Å². The van der Waals surface area contributed by atoms with E-state index in [0.29, 0.717) is 5.12 Å². The summed E-state index contributed by atoms with van der Waals surface area (Å²) in [5.74, 6) is 0.902. The van der Waals surface area contributed by atoms with Gasteiger partial charge in [0.1, 0.15) is 0 Å². The fourth-order valence-corrected chi connectivity index (χ4v) is 4.81. The average Bonchev–Trinajstić information content (AvgIpc) is 3.18. The Morgan fingerprint density at radius 3 is 1.79 bits per heavy atom.